The van der Waals surface area contributed by atoms with E-state index in [0.717, 1.165) is 5.30 Å². The average Bonchev–Trinajstić information content (AvgIpc) is 2.72. The van der Waals surface area contributed by atoms with Gasteiger partial charge >= 0.3 is 0 Å². The topological polar surface area (TPSA) is 64.7 Å². The molecule has 26 heavy (non-hydrogen) atoms. The summed E-state index contributed by atoms with van der Waals surface area (Å²) in [5.74, 6) is 0. The lowest BCUT2D eigenvalue weighted by molar-refractivity contribution is 0.592. The molecule has 3 nitrogen and oxygen atoms in total. The molecule has 0 N–H and O–H groups in total. The van der Waals surface area contributed by atoms with Crippen LogP contribution in [0.15, 0.2) is 84.4 Å². The van der Waals surface area contributed by atoms with Gasteiger partial charge in [-0.15, -0.1) is 0 Å². The van der Waals surface area contributed by atoms with Crippen LogP contribution in [-0.4, -0.2) is 0 Å². The van der Waals surface area contributed by atoms with E-state index in [9.17, 15) is 15.1 Å². The quantitative estimate of drug-likeness (QED) is 0.389. The molecule has 0 spiro atoms. The van der Waals surface area contributed by atoms with E-state index in [-0.39, 0.29) is 5.57 Å². The highest BCUT2D eigenvalue weighted by Crippen LogP contribution is 2.50. The SMILES string of the molecule is N#CC(C#N)=C1c2ccccc2P(=O)(c2ccccc2)c2ccccc21. The normalized spacial score (nSPS) is 17.4. The van der Waals surface area contributed by atoms with E-state index < -0.39 is 7.14 Å². The van der Waals surface area contributed by atoms with Crippen molar-refractivity contribution in [1.82, 2.24) is 0 Å². The number of nitriles is 2. The van der Waals surface area contributed by atoms with Crippen LogP contribution in [0.4, 0.5) is 0 Å². The molecule has 3 aromatic carbocycles. The van der Waals surface area contributed by atoms with Crippen molar-refractivity contribution in [1.29, 1.82) is 10.5 Å². The van der Waals surface area contributed by atoms with Gasteiger partial charge < -0.3 is 4.57 Å². The Kier molecular flexibility index (Phi) is 3.81. The summed E-state index contributed by atoms with van der Waals surface area (Å²) in [5, 5.41) is 21.0. The molecular weight excluding hydrogens is 339 g/mol. The minimum atomic E-state index is -3.10. The summed E-state index contributed by atoms with van der Waals surface area (Å²) in [6.07, 6.45) is 0. The number of nitrogens with zero attached hydrogens (tertiary/aromatic N) is 2. The minimum absolute atomic E-state index is 0.0317. The predicted octanol–water partition coefficient (Wildman–Crippen LogP) is 3.49. The van der Waals surface area contributed by atoms with Gasteiger partial charge in [0, 0.05) is 21.5 Å². The van der Waals surface area contributed by atoms with Crippen molar-refractivity contribution >= 4 is 28.6 Å². The fourth-order valence-electron chi connectivity index (χ4n) is 3.52. The maximum Gasteiger partial charge on any atom is 0.172 e. The summed E-state index contributed by atoms with van der Waals surface area (Å²) in [5.41, 5.74) is 1.97. The Balaban J connectivity index is 2.20. The standard InChI is InChI=1S/C22H13N2OP/c23-14-16(15-24)22-18-10-4-6-12-20(18)26(25,17-8-2-1-3-9-17)21-13-7-5-11-19(21)22/h1-13H. The fourth-order valence-corrected chi connectivity index (χ4v) is 6.57. The van der Waals surface area contributed by atoms with E-state index in [4.69, 9.17) is 0 Å². The summed E-state index contributed by atoms with van der Waals surface area (Å²) in [7, 11) is -3.10. The van der Waals surface area contributed by atoms with Crippen molar-refractivity contribution < 1.29 is 4.57 Å². The molecule has 0 atom stereocenters. The first-order chi connectivity index (χ1) is 12.7. The summed E-state index contributed by atoms with van der Waals surface area (Å²) < 4.78 is 14.4. The molecule has 1 aliphatic rings. The van der Waals surface area contributed by atoms with Gasteiger partial charge in [0.2, 0.25) is 0 Å². The number of fused-ring (bicyclic) bond motifs is 2. The van der Waals surface area contributed by atoms with Gasteiger partial charge in [-0.3, -0.25) is 0 Å². The largest absolute Gasteiger partial charge is 0.309 e. The molecule has 0 bridgehead atoms. The maximum atomic E-state index is 14.4. The molecular formula is C22H13N2OP. The van der Waals surface area contributed by atoms with Gasteiger partial charge in [0.15, 0.2) is 7.14 Å². The van der Waals surface area contributed by atoms with Crippen LogP contribution in [0.1, 0.15) is 11.1 Å². The smallest absolute Gasteiger partial charge is 0.172 e. The number of benzene rings is 3. The zero-order chi connectivity index (χ0) is 18.1. The van der Waals surface area contributed by atoms with Gasteiger partial charge in [-0.1, -0.05) is 78.9 Å². The Morgan fingerprint density at radius 2 is 1.15 bits per heavy atom. The molecule has 0 saturated carbocycles. The molecule has 0 aromatic heterocycles. The molecule has 0 aliphatic carbocycles. The Morgan fingerprint density at radius 3 is 1.65 bits per heavy atom. The molecule has 1 aliphatic heterocycles. The Labute approximate surface area is 151 Å². The van der Waals surface area contributed by atoms with Gasteiger partial charge in [0.1, 0.15) is 17.7 Å². The molecule has 4 rings (SSSR count). The van der Waals surface area contributed by atoms with Crippen molar-refractivity contribution in [2.75, 3.05) is 0 Å². The van der Waals surface area contributed by atoms with E-state index in [0.29, 0.717) is 27.3 Å². The van der Waals surface area contributed by atoms with Crippen LogP contribution in [0, 0.1) is 22.7 Å². The Bertz CT molecular complexity index is 1110. The lowest BCUT2D eigenvalue weighted by Gasteiger charge is -2.30. The van der Waals surface area contributed by atoms with E-state index in [1.807, 2.05) is 91.0 Å². The first-order valence-corrected chi connectivity index (χ1v) is 9.82. The van der Waals surface area contributed by atoms with Crippen molar-refractivity contribution in [3.8, 4) is 12.1 Å². The van der Waals surface area contributed by atoms with E-state index in [2.05, 4.69) is 0 Å². The zero-order valence-electron chi connectivity index (χ0n) is 13.8. The van der Waals surface area contributed by atoms with Crippen LogP contribution >= 0.6 is 7.14 Å². The monoisotopic (exact) mass is 352 g/mol. The molecule has 0 amide bonds. The van der Waals surface area contributed by atoms with Crippen molar-refractivity contribution in [3.05, 3.63) is 95.6 Å². The van der Waals surface area contributed by atoms with Gasteiger partial charge in [-0.25, -0.2) is 0 Å². The zero-order valence-corrected chi connectivity index (χ0v) is 14.6. The van der Waals surface area contributed by atoms with Gasteiger partial charge in [-0.05, 0) is 11.1 Å². The van der Waals surface area contributed by atoms with Crippen molar-refractivity contribution in [2.45, 2.75) is 0 Å². The number of allylic oxidation sites excluding steroid dienone is 1. The highest BCUT2D eigenvalue weighted by molar-refractivity contribution is 7.85. The molecule has 0 fully saturated rings. The fraction of sp³-hybridized carbons (Fsp3) is 0. The summed E-state index contributed by atoms with van der Waals surface area (Å²) in [6.45, 7) is 0. The summed E-state index contributed by atoms with van der Waals surface area (Å²) in [4.78, 5) is 0. The first-order valence-electron chi connectivity index (χ1n) is 8.12. The van der Waals surface area contributed by atoms with Gasteiger partial charge in [0.25, 0.3) is 0 Å². The Hall–Kier alpha value is -3.39. The lowest BCUT2D eigenvalue weighted by Crippen LogP contribution is -2.33. The van der Waals surface area contributed by atoms with E-state index >= 15 is 0 Å². The molecule has 4 heteroatoms. The highest BCUT2D eigenvalue weighted by atomic mass is 31.2. The Morgan fingerprint density at radius 1 is 0.692 bits per heavy atom. The maximum absolute atomic E-state index is 14.4. The summed E-state index contributed by atoms with van der Waals surface area (Å²) in [6, 6.07) is 28.1. The van der Waals surface area contributed by atoms with E-state index in [1.54, 1.807) is 0 Å². The van der Waals surface area contributed by atoms with Gasteiger partial charge in [-0.2, -0.15) is 10.5 Å². The predicted molar refractivity (Wildman–Crippen MR) is 103 cm³/mol. The highest BCUT2D eigenvalue weighted by Gasteiger charge is 2.39. The molecule has 1 heterocycles. The third-order valence-electron chi connectivity index (χ3n) is 4.62. The number of rotatable bonds is 1. The molecule has 0 radical (unpaired) electrons. The summed E-state index contributed by atoms with van der Waals surface area (Å²) >= 11 is 0. The van der Waals surface area contributed by atoms with E-state index in [1.165, 1.54) is 0 Å². The van der Waals surface area contributed by atoms with Crippen LogP contribution in [-0.2, 0) is 4.57 Å². The second-order valence-corrected chi connectivity index (χ2v) is 8.65. The van der Waals surface area contributed by atoms with Crippen molar-refractivity contribution in [3.63, 3.8) is 0 Å². The third kappa shape index (κ3) is 2.16. The first kappa shape index (κ1) is 16.1. The molecule has 122 valence electrons. The van der Waals surface area contributed by atoms with Crippen molar-refractivity contribution in [2.24, 2.45) is 0 Å². The average molecular weight is 352 g/mol. The molecule has 0 unspecified atom stereocenters. The van der Waals surface area contributed by atoms with Crippen LogP contribution < -0.4 is 15.9 Å². The number of hydrogen-bond acceptors (Lipinski definition) is 3. The van der Waals surface area contributed by atoms with Crippen LogP contribution in [0.5, 0.6) is 0 Å². The molecule has 3 aromatic rings. The van der Waals surface area contributed by atoms with Crippen LogP contribution in [0.2, 0.25) is 0 Å². The number of hydrogen-bond donors (Lipinski definition) is 0. The van der Waals surface area contributed by atoms with Crippen LogP contribution in [0.3, 0.4) is 0 Å². The third-order valence-corrected chi connectivity index (χ3v) is 7.78. The van der Waals surface area contributed by atoms with Gasteiger partial charge in [0.05, 0.1) is 0 Å². The minimum Gasteiger partial charge on any atom is -0.309 e. The molecule has 0 saturated heterocycles. The lowest BCUT2D eigenvalue weighted by atomic mass is 9.93. The van der Waals surface area contributed by atoms with Crippen LogP contribution in [0.25, 0.3) is 5.57 Å². The second-order valence-electron chi connectivity index (χ2n) is 5.95. The second kappa shape index (κ2) is 6.16.